The number of nitrogen functional groups attached to an aromatic ring is 1. The summed E-state index contributed by atoms with van der Waals surface area (Å²) in [5, 5.41) is 2.73. The number of aryl methyl sites for hydroxylation is 1. The number of nitrogens with two attached hydrogens (primary N) is 1. The second-order valence-corrected chi connectivity index (χ2v) is 4.52. The van der Waals surface area contributed by atoms with Crippen molar-refractivity contribution in [2.45, 2.75) is 13.8 Å². The van der Waals surface area contributed by atoms with E-state index in [-0.39, 0.29) is 5.91 Å². The normalized spacial score (nSPS) is 10.6. The Labute approximate surface area is 123 Å². The van der Waals surface area contributed by atoms with Crippen molar-refractivity contribution in [3.8, 4) is 11.6 Å². The standard InChI is InChI=1S/C16H17N3O2/c1-3-4-15(20)19-12-5-7-13(8-6-12)21-16-14(17)9-11(2)10-18-16/h3-10H,17H2,1-2H3,(H,19,20)/b4-3+. The van der Waals surface area contributed by atoms with Crippen LogP contribution in [0.3, 0.4) is 0 Å². The van der Waals surface area contributed by atoms with E-state index in [1.54, 1.807) is 49.5 Å². The molecule has 5 heteroatoms. The molecule has 0 fully saturated rings. The molecular weight excluding hydrogens is 266 g/mol. The Balaban J connectivity index is 2.07. The van der Waals surface area contributed by atoms with Gasteiger partial charge in [0.1, 0.15) is 5.75 Å². The second kappa shape index (κ2) is 6.56. The molecule has 1 amide bonds. The maximum atomic E-state index is 11.4. The summed E-state index contributed by atoms with van der Waals surface area (Å²) in [6.07, 6.45) is 4.83. The molecule has 2 rings (SSSR count). The molecule has 1 aromatic carbocycles. The average Bonchev–Trinajstić information content (AvgIpc) is 2.44. The number of carbonyl (C=O) groups is 1. The molecule has 1 heterocycles. The van der Waals surface area contributed by atoms with Gasteiger partial charge in [-0.1, -0.05) is 6.08 Å². The number of carbonyl (C=O) groups excluding carboxylic acids is 1. The van der Waals surface area contributed by atoms with E-state index in [1.807, 2.05) is 6.92 Å². The first-order chi connectivity index (χ1) is 10.1. The van der Waals surface area contributed by atoms with Crippen LogP contribution < -0.4 is 15.8 Å². The number of hydrogen-bond donors (Lipinski definition) is 2. The third kappa shape index (κ3) is 4.07. The third-order valence-corrected chi connectivity index (χ3v) is 2.67. The predicted molar refractivity (Wildman–Crippen MR) is 83.3 cm³/mol. The summed E-state index contributed by atoms with van der Waals surface area (Å²) in [4.78, 5) is 15.6. The number of anilines is 2. The fourth-order valence-corrected chi connectivity index (χ4v) is 1.72. The zero-order valence-corrected chi connectivity index (χ0v) is 12.0. The van der Waals surface area contributed by atoms with Gasteiger partial charge in [0, 0.05) is 11.9 Å². The number of nitrogens with zero attached hydrogens (tertiary/aromatic N) is 1. The topological polar surface area (TPSA) is 77.2 Å². The van der Waals surface area contributed by atoms with Crippen LogP contribution in [-0.4, -0.2) is 10.9 Å². The molecule has 0 aliphatic rings. The Morgan fingerprint density at radius 2 is 2.05 bits per heavy atom. The first-order valence-corrected chi connectivity index (χ1v) is 6.52. The molecule has 0 unspecified atom stereocenters. The van der Waals surface area contributed by atoms with E-state index in [9.17, 15) is 4.79 Å². The zero-order chi connectivity index (χ0) is 15.2. The fraction of sp³-hybridized carbons (Fsp3) is 0.125. The Kier molecular flexibility index (Phi) is 4.56. The van der Waals surface area contributed by atoms with Crippen molar-refractivity contribution < 1.29 is 9.53 Å². The van der Waals surface area contributed by atoms with Gasteiger partial charge in [-0.3, -0.25) is 4.79 Å². The summed E-state index contributed by atoms with van der Waals surface area (Å²) >= 11 is 0. The van der Waals surface area contributed by atoms with Crippen LogP contribution in [0, 0.1) is 6.92 Å². The highest BCUT2D eigenvalue weighted by molar-refractivity contribution is 5.99. The van der Waals surface area contributed by atoms with Crippen LogP contribution in [0.4, 0.5) is 11.4 Å². The molecule has 1 aromatic heterocycles. The molecule has 108 valence electrons. The predicted octanol–water partition coefficient (Wildman–Crippen LogP) is 3.28. The van der Waals surface area contributed by atoms with Crippen LogP contribution >= 0.6 is 0 Å². The summed E-state index contributed by atoms with van der Waals surface area (Å²) in [6.45, 7) is 3.70. The average molecular weight is 283 g/mol. The number of amides is 1. The van der Waals surface area contributed by atoms with Crippen molar-refractivity contribution in [3.05, 3.63) is 54.2 Å². The largest absolute Gasteiger partial charge is 0.437 e. The molecule has 0 aliphatic heterocycles. The number of allylic oxidation sites excluding steroid dienone is 1. The number of hydrogen-bond acceptors (Lipinski definition) is 4. The van der Waals surface area contributed by atoms with Gasteiger partial charge in [0.05, 0.1) is 5.69 Å². The molecule has 5 nitrogen and oxygen atoms in total. The van der Waals surface area contributed by atoms with E-state index < -0.39 is 0 Å². The zero-order valence-electron chi connectivity index (χ0n) is 12.0. The second-order valence-electron chi connectivity index (χ2n) is 4.52. The number of ether oxygens (including phenoxy) is 1. The number of nitrogens with one attached hydrogen (secondary N) is 1. The minimum Gasteiger partial charge on any atom is -0.437 e. The molecule has 0 saturated carbocycles. The van der Waals surface area contributed by atoms with Gasteiger partial charge < -0.3 is 15.8 Å². The number of pyridine rings is 1. The third-order valence-electron chi connectivity index (χ3n) is 2.67. The monoisotopic (exact) mass is 283 g/mol. The van der Waals surface area contributed by atoms with Crippen molar-refractivity contribution in [2.75, 3.05) is 11.1 Å². The molecule has 0 aliphatic carbocycles. The van der Waals surface area contributed by atoms with E-state index in [1.165, 1.54) is 6.08 Å². The Morgan fingerprint density at radius 3 is 2.67 bits per heavy atom. The maximum absolute atomic E-state index is 11.4. The van der Waals surface area contributed by atoms with Crippen molar-refractivity contribution >= 4 is 17.3 Å². The minimum atomic E-state index is -0.171. The summed E-state index contributed by atoms with van der Waals surface area (Å²) in [5.74, 6) is 0.795. The van der Waals surface area contributed by atoms with Gasteiger partial charge in [-0.05, 0) is 55.8 Å². The van der Waals surface area contributed by atoms with E-state index in [0.717, 1.165) is 5.56 Å². The number of rotatable bonds is 4. The number of benzene rings is 1. The SMILES string of the molecule is C/C=C/C(=O)Nc1ccc(Oc2ncc(C)cc2N)cc1. The van der Waals surface area contributed by atoms with Gasteiger partial charge in [0.2, 0.25) is 11.8 Å². The van der Waals surface area contributed by atoms with Gasteiger partial charge in [-0.2, -0.15) is 0 Å². The Morgan fingerprint density at radius 1 is 1.33 bits per heavy atom. The van der Waals surface area contributed by atoms with Crippen molar-refractivity contribution in [1.29, 1.82) is 0 Å². The molecule has 0 bridgehead atoms. The highest BCUT2D eigenvalue weighted by Gasteiger charge is 2.04. The Bertz CT molecular complexity index is 664. The molecule has 21 heavy (non-hydrogen) atoms. The quantitative estimate of drug-likeness (QED) is 0.844. The van der Waals surface area contributed by atoms with E-state index in [2.05, 4.69) is 10.3 Å². The summed E-state index contributed by atoms with van der Waals surface area (Å²) in [6, 6.07) is 8.79. The smallest absolute Gasteiger partial charge is 0.248 e. The van der Waals surface area contributed by atoms with E-state index >= 15 is 0 Å². The van der Waals surface area contributed by atoms with Gasteiger partial charge in [-0.15, -0.1) is 0 Å². The lowest BCUT2D eigenvalue weighted by Gasteiger charge is -2.08. The van der Waals surface area contributed by atoms with Crippen molar-refractivity contribution in [2.24, 2.45) is 0 Å². The first-order valence-electron chi connectivity index (χ1n) is 6.52. The van der Waals surface area contributed by atoms with Gasteiger partial charge >= 0.3 is 0 Å². The highest BCUT2D eigenvalue weighted by atomic mass is 16.5. The molecular formula is C16H17N3O2. The van der Waals surface area contributed by atoms with Crippen LogP contribution in [0.15, 0.2) is 48.7 Å². The highest BCUT2D eigenvalue weighted by Crippen LogP contribution is 2.26. The van der Waals surface area contributed by atoms with E-state index in [4.69, 9.17) is 10.5 Å². The van der Waals surface area contributed by atoms with Crippen molar-refractivity contribution in [3.63, 3.8) is 0 Å². The summed E-state index contributed by atoms with van der Waals surface area (Å²) in [7, 11) is 0. The van der Waals surface area contributed by atoms with Crippen LogP contribution in [0.25, 0.3) is 0 Å². The van der Waals surface area contributed by atoms with Gasteiger partial charge in [-0.25, -0.2) is 4.98 Å². The molecule has 3 N–H and O–H groups in total. The molecule has 0 saturated heterocycles. The minimum absolute atomic E-state index is 0.171. The Hall–Kier alpha value is -2.82. The van der Waals surface area contributed by atoms with Crippen LogP contribution in [0.5, 0.6) is 11.6 Å². The van der Waals surface area contributed by atoms with Gasteiger partial charge in [0.25, 0.3) is 0 Å². The molecule has 2 aromatic rings. The molecule has 0 atom stereocenters. The maximum Gasteiger partial charge on any atom is 0.248 e. The van der Waals surface area contributed by atoms with Gasteiger partial charge in [0.15, 0.2) is 0 Å². The van der Waals surface area contributed by atoms with Crippen LogP contribution in [0.2, 0.25) is 0 Å². The fourth-order valence-electron chi connectivity index (χ4n) is 1.72. The first kappa shape index (κ1) is 14.6. The summed E-state index contributed by atoms with van der Waals surface area (Å²) in [5.41, 5.74) is 8.00. The lowest BCUT2D eigenvalue weighted by atomic mass is 10.3. The van der Waals surface area contributed by atoms with E-state index in [0.29, 0.717) is 23.0 Å². The summed E-state index contributed by atoms with van der Waals surface area (Å²) < 4.78 is 5.61. The molecule has 0 radical (unpaired) electrons. The molecule has 0 spiro atoms. The lowest BCUT2D eigenvalue weighted by molar-refractivity contribution is -0.111. The van der Waals surface area contributed by atoms with Crippen LogP contribution in [-0.2, 0) is 4.79 Å². The number of aromatic nitrogens is 1. The lowest BCUT2D eigenvalue weighted by Crippen LogP contribution is -2.07. The van der Waals surface area contributed by atoms with Crippen molar-refractivity contribution in [1.82, 2.24) is 4.98 Å². The van der Waals surface area contributed by atoms with Crippen LogP contribution in [0.1, 0.15) is 12.5 Å².